The molecule has 0 spiro atoms. The highest BCUT2D eigenvalue weighted by Crippen LogP contribution is 2.29. The first kappa shape index (κ1) is 14.5. The third-order valence-electron chi connectivity index (χ3n) is 3.26. The fourth-order valence-electron chi connectivity index (χ4n) is 1.90. The predicted molar refractivity (Wildman–Crippen MR) is 70.0 cm³/mol. The minimum Gasteiger partial charge on any atom is -0.361 e. The summed E-state index contributed by atoms with van der Waals surface area (Å²) in [6, 6.07) is 0.801. The Labute approximate surface area is 122 Å². The Hall–Kier alpha value is -2.39. The van der Waals surface area contributed by atoms with E-state index >= 15 is 0 Å². The van der Waals surface area contributed by atoms with Crippen molar-refractivity contribution in [1.29, 1.82) is 0 Å². The monoisotopic (exact) mass is 314 g/mol. The molecule has 0 atom stereocenters. The number of hydrogen-bond acceptors (Lipinski definition) is 5. The van der Waals surface area contributed by atoms with Gasteiger partial charge in [0, 0.05) is 12.6 Å². The van der Waals surface area contributed by atoms with E-state index in [2.05, 4.69) is 25.7 Å². The van der Waals surface area contributed by atoms with Crippen LogP contribution in [0.5, 0.6) is 0 Å². The largest absolute Gasteiger partial charge is 0.433 e. The summed E-state index contributed by atoms with van der Waals surface area (Å²) in [5.41, 5.74) is -1.09. The second kappa shape index (κ2) is 5.43. The molecule has 2 heterocycles. The number of nitrogens with zero attached hydrogens (tertiary/aromatic N) is 4. The highest BCUT2D eigenvalue weighted by molar-refractivity contribution is 5.80. The van der Waals surface area contributed by atoms with Crippen LogP contribution in [0.4, 0.5) is 19.0 Å². The Bertz CT molecular complexity index is 694. The molecule has 0 unspecified atom stereocenters. The van der Waals surface area contributed by atoms with Gasteiger partial charge >= 0.3 is 6.18 Å². The average molecular weight is 314 g/mol. The lowest BCUT2D eigenvalue weighted by molar-refractivity contribution is -0.141. The molecule has 1 saturated carbocycles. The van der Waals surface area contributed by atoms with Gasteiger partial charge in [0.15, 0.2) is 5.69 Å². The predicted octanol–water partition coefficient (Wildman–Crippen LogP) is 1.08. The number of nitrogens with one attached hydrogen (secondary N) is 2. The number of amides is 1. The zero-order chi connectivity index (χ0) is 15.7. The Morgan fingerprint density at radius 2 is 2.18 bits per heavy atom. The smallest absolute Gasteiger partial charge is 0.361 e. The second-order valence-electron chi connectivity index (χ2n) is 5.10. The topological polar surface area (TPSA) is 84.2 Å². The van der Waals surface area contributed by atoms with Crippen molar-refractivity contribution in [2.24, 2.45) is 5.92 Å². The lowest BCUT2D eigenvalue weighted by Crippen LogP contribution is -2.31. The molecule has 3 rings (SSSR count). The van der Waals surface area contributed by atoms with Crippen molar-refractivity contribution in [2.75, 3.05) is 18.4 Å². The van der Waals surface area contributed by atoms with Crippen molar-refractivity contribution in [3.8, 4) is 0 Å². The molecule has 1 aliphatic carbocycles. The third kappa shape index (κ3) is 3.26. The molecule has 1 fully saturated rings. The van der Waals surface area contributed by atoms with Gasteiger partial charge in [-0.15, -0.1) is 0 Å². The first-order valence-electron chi connectivity index (χ1n) is 6.72. The summed E-state index contributed by atoms with van der Waals surface area (Å²) >= 11 is 0. The molecule has 0 aliphatic heterocycles. The molecule has 118 valence electrons. The van der Waals surface area contributed by atoms with Gasteiger partial charge in [-0.25, -0.2) is 4.98 Å². The van der Waals surface area contributed by atoms with E-state index in [1.807, 2.05) is 0 Å². The van der Waals surface area contributed by atoms with Crippen molar-refractivity contribution < 1.29 is 18.0 Å². The first-order valence-corrected chi connectivity index (χ1v) is 6.72. The van der Waals surface area contributed by atoms with Gasteiger partial charge in [0.25, 0.3) is 5.78 Å². The van der Waals surface area contributed by atoms with Crippen LogP contribution in [0.1, 0.15) is 18.5 Å². The molecule has 0 aromatic carbocycles. The van der Waals surface area contributed by atoms with Crippen LogP contribution in [0.3, 0.4) is 0 Å². The van der Waals surface area contributed by atoms with Gasteiger partial charge in [-0.1, -0.05) is 0 Å². The number of carbonyl (C=O) groups excluding carboxylic acids is 1. The molecule has 1 amide bonds. The zero-order valence-electron chi connectivity index (χ0n) is 11.4. The third-order valence-corrected chi connectivity index (χ3v) is 3.26. The fraction of sp³-hybridized carbons (Fsp3) is 0.500. The summed E-state index contributed by atoms with van der Waals surface area (Å²) in [6.07, 6.45) is -1.29. The number of rotatable bonds is 5. The van der Waals surface area contributed by atoms with Crippen LogP contribution < -0.4 is 10.6 Å². The average Bonchev–Trinajstić information content (AvgIpc) is 3.16. The minimum absolute atomic E-state index is 0.0106. The van der Waals surface area contributed by atoms with E-state index in [4.69, 9.17) is 0 Å². The van der Waals surface area contributed by atoms with Crippen LogP contribution >= 0.6 is 0 Å². The highest BCUT2D eigenvalue weighted by atomic mass is 19.4. The molecular formula is C12H13F3N6O. The molecule has 2 N–H and O–H groups in total. The molecule has 0 bridgehead atoms. The zero-order valence-corrected chi connectivity index (χ0v) is 11.4. The van der Waals surface area contributed by atoms with Crippen molar-refractivity contribution in [1.82, 2.24) is 24.9 Å². The van der Waals surface area contributed by atoms with Crippen molar-refractivity contribution in [3.63, 3.8) is 0 Å². The highest BCUT2D eigenvalue weighted by Gasteiger charge is 2.34. The summed E-state index contributed by atoms with van der Waals surface area (Å²) in [5.74, 6) is 0.0707. The summed E-state index contributed by atoms with van der Waals surface area (Å²) < 4.78 is 39.5. The van der Waals surface area contributed by atoms with E-state index in [1.54, 1.807) is 0 Å². The molecule has 10 heteroatoms. The van der Waals surface area contributed by atoms with Crippen molar-refractivity contribution in [3.05, 3.63) is 18.1 Å². The molecule has 2 aromatic heterocycles. The minimum atomic E-state index is -4.60. The lowest BCUT2D eigenvalue weighted by atomic mass is 10.3. The molecule has 0 radical (unpaired) electrons. The van der Waals surface area contributed by atoms with Crippen LogP contribution in [-0.2, 0) is 11.0 Å². The van der Waals surface area contributed by atoms with Gasteiger partial charge in [-0.05, 0) is 18.8 Å². The van der Waals surface area contributed by atoms with Crippen LogP contribution in [0.15, 0.2) is 12.4 Å². The first-order chi connectivity index (χ1) is 10.4. The number of fused-ring (bicyclic) bond motifs is 1. The van der Waals surface area contributed by atoms with E-state index in [-0.39, 0.29) is 24.0 Å². The molecule has 2 aromatic rings. The van der Waals surface area contributed by atoms with Gasteiger partial charge in [0.1, 0.15) is 12.1 Å². The van der Waals surface area contributed by atoms with E-state index in [0.29, 0.717) is 12.5 Å². The fourth-order valence-corrected chi connectivity index (χ4v) is 1.90. The summed E-state index contributed by atoms with van der Waals surface area (Å²) in [4.78, 5) is 18.7. The summed E-state index contributed by atoms with van der Waals surface area (Å²) in [7, 11) is 0. The summed E-state index contributed by atoms with van der Waals surface area (Å²) in [5, 5.41) is 9.14. The maximum absolute atomic E-state index is 12.8. The van der Waals surface area contributed by atoms with Gasteiger partial charge < -0.3 is 10.6 Å². The normalized spacial score (nSPS) is 15.0. The number of alkyl halides is 3. The van der Waals surface area contributed by atoms with E-state index < -0.39 is 11.9 Å². The Morgan fingerprint density at radius 1 is 1.41 bits per heavy atom. The Balaban J connectivity index is 1.73. The number of hydrogen-bond donors (Lipinski definition) is 2. The number of halogens is 3. The van der Waals surface area contributed by atoms with Gasteiger partial charge in [-0.3, -0.25) is 4.79 Å². The van der Waals surface area contributed by atoms with Crippen LogP contribution in [0.2, 0.25) is 0 Å². The Kier molecular flexibility index (Phi) is 3.59. The van der Waals surface area contributed by atoms with Crippen molar-refractivity contribution in [2.45, 2.75) is 19.0 Å². The summed E-state index contributed by atoms with van der Waals surface area (Å²) in [6.45, 7) is 0.451. The molecule has 1 aliphatic rings. The van der Waals surface area contributed by atoms with Crippen LogP contribution in [0, 0.1) is 5.92 Å². The van der Waals surface area contributed by atoms with Crippen LogP contribution in [0.25, 0.3) is 5.78 Å². The molecule has 0 saturated heterocycles. The van der Waals surface area contributed by atoms with Crippen molar-refractivity contribution >= 4 is 17.5 Å². The number of carbonyl (C=O) groups is 1. The van der Waals surface area contributed by atoms with E-state index in [1.165, 1.54) is 0 Å². The lowest BCUT2D eigenvalue weighted by Gasteiger charge is -2.11. The Morgan fingerprint density at radius 3 is 2.86 bits per heavy atom. The number of anilines is 1. The van der Waals surface area contributed by atoms with E-state index in [0.717, 1.165) is 29.8 Å². The molecular weight excluding hydrogens is 301 g/mol. The SMILES string of the molecule is O=C(CNc1cc(C(F)(F)F)nc2ncnn12)NCC1CC1. The maximum atomic E-state index is 12.8. The number of aromatic nitrogens is 4. The van der Waals surface area contributed by atoms with Gasteiger partial charge in [-0.2, -0.15) is 27.8 Å². The van der Waals surface area contributed by atoms with E-state index in [9.17, 15) is 18.0 Å². The van der Waals surface area contributed by atoms with Gasteiger partial charge in [0.05, 0.1) is 6.54 Å². The maximum Gasteiger partial charge on any atom is 0.433 e. The molecule has 7 nitrogen and oxygen atoms in total. The quantitative estimate of drug-likeness (QED) is 0.863. The van der Waals surface area contributed by atoms with Gasteiger partial charge in [0.2, 0.25) is 5.91 Å². The molecule has 22 heavy (non-hydrogen) atoms. The standard InChI is InChI=1S/C12H13F3N6O/c13-12(14,15)8-3-9(21-11(20-8)18-6-19-21)16-5-10(22)17-4-7-1-2-7/h3,6-7,16H,1-2,4-5H2,(H,17,22). The second-order valence-corrected chi connectivity index (χ2v) is 5.10. The van der Waals surface area contributed by atoms with Crippen LogP contribution in [-0.4, -0.2) is 38.6 Å².